The monoisotopic (exact) mass is 252 g/mol. The molecule has 0 bridgehead atoms. The van der Waals surface area contributed by atoms with Crippen molar-refractivity contribution in [3.8, 4) is 0 Å². The summed E-state index contributed by atoms with van der Waals surface area (Å²) < 4.78 is 0. The van der Waals surface area contributed by atoms with Crippen LogP contribution in [-0.4, -0.2) is 0 Å². The van der Waals surface area contributed by atoms with E-state index in [-0.39, 0.29) is 0 Å². The summed E-state index contributed by atoms with van der Waals surface area (Å²) in [4.78, 5) is 0. The van der Waals surface area contributed by atoms with Crippen molar-refractivity contribution in [2.75, 3.05) is 0 Å². The molecular weight excluding hydrogens is 228 g/mol. The first-order valence-electron chi connectivity index (χ1n) is 7.44. The molecule has 0 nitrogen and oxygen atoms in total. The molecule has 0 aromatic heterocycles. The molecular formula is C19H24. The maximum absolute atomic E-state index is 2.31. The first-order valence-corrected chi connectivity index (χ1v) is 7.44. The van der Waals surface area contributed by atoms with Gasteiger partial charge in [0.1, 0.15) is 0 Å². The van der Waals surface area contributed by atoms with E-state index in [1.807, 2.05) is 0 Å². The zero-order valence-electron chi connectivity index (χ0n) is 11.9. The molecule has 0 unspecified atom stereocenters. The van der Waals surface area contributed by atoms with E-state index in [0.29, 0.717) is 0 Å². The minimum Gasteiger partial charge on any atom is -0.0622 e. The molecule has 0 heteroatoms. The Morgan fingerprint density at radius 3 is 1.95 bits per heavy atom. The Balaban J connectivity index is 1.58. The zero-order chi connectivity index (χ0) is 13.3. The lowest BCUT2D eigenvalue weighted by Gasteiger charge is -2.04. The van der Waals surface area contributed by atoms with Gasteiger partial charge in [-0.25, -0.2) is 0 Å². The number of benzene rings is 2. The van der Waals surface area contributed by atoms with Gasteiger partial charge in [0, 0.05) is 0 Å². The highest BCUT2D eigenvalue weighted by molar-refractivity contribution is 5.22. The van der Waals surface area contributed by atoms with Crippen LogP contribution in [0.15, 0.2) is 54.6 Å². The number of rotatable bonds is 7. The number of hydrogen-bond acceptors (Lipinski definition) is 0. The van der Waals surface area contributed by atoms with Gasteiger partial charge in [-0.1, -0.05) is 73.0 Å². The molecule has 0 amide bonds. The van der Waals surface area contributed by atoms with Crippen molar-refractivity contribution in [2.24, 2.45) is 0 Å². The molecule has 0 N–H and O–H groups in total. The Hall–Kier alpha value is -1.56. The van der Waals surface area contributed by atoms with Gasteiger partial charge in [0.15, 0.2) is 0 Å². The van der Waals surface area contributed by atoms with Crippen LogP contribution in [0, 0.1) is 6.92 Å². The van der Waals surface area contributed by atoms with E-state index >= 15 is 0 Å². The second kappa shape index (κ2) is 7.78. The molecule has 0 saturated carbocycles. The minimum absolute atomic E-state index is 1.23. The summed E-state index contributed by atoms with van der Waals surface area (Å²) in [6.07, 6.45) is 7.79. The Bertz CT molecular complexity index is 470. The van der Waals surface area contributed by atoms with Crippen LogP contribution in [-0.2, 0) is 12.8 Å². The molecule has 2 aromatic rings. The lowest BCUT2D eigenvalue weighted by atomic mass is 10.0. The zero-order valence-corrected chi connectivity index (χ0v) is 11.9. The Kier molecular flexibility index (Phi) is 5.68. The molecule has 0 saturated heterocycles. The summed E-state index contributed by atoms with van der Waals surface area (Å²) in [5.41, 5.74) is 4.34. The second-order valence-corrected chi connectivity index (χ2v) is 5.39. The molecule has 0 aliphatic heterocycles. The summed E-state index contributed by atoms with van der Waals surface area (Å²) in [6.45, 7) is 2.17. The fraction of sp³-hybridized carbons (Fsp3) is 0.368. The summed E-state index contributed by atoms with van der Waals surface area (Å²) in [5, 5.41) is 0. The maximum atomic E-state index is 2.31. The predicted octanol–water partition coefficient (Wildman–Crippen LogP) is 5.34. The molecule has 2 rings (SSSR count). The lowest BCUT2D eigenvalue weighted by molar-refractivity contribution is 0.640. The van der Waals surface area contributed by atoms with Crippen molar-refractivity contribution in [1.29, 1.82) is 0 Å². The van der Waals surface area contributed by atoms with Crippen LogP contribution in [0.5, 0.6) is 0 Å². The largest absolute Gasteiger partial charge is 0.0622 e. The van der Waals surface area contributed by atoms with Crippen molar-refractivity contribution >= 4 is 0 Å². The van der Waals surface area contributed by atoms with Gasteiger partial charge in [-0.2, -0.15) is 0 Å². The van der Waals surface area contributed by atoms with Crippen LogP contribution in [0.3, 0.4) is 0 Å². The fourth-order valence-corrected chi connectivity index (χ4v) is 2.52. The topological polar surface area (TPSA) is 0 Å². The third-order valence-electron chi connectivity index (χ3n) is 3.61. The van der Waals surface area contributed by atoms with Crippen LogP contribution in [0.1, 0.15) is 42.4 Å². The van der Waals surface area contributed by atoms with Gasteiger partial charge < -0.3 is 0 Å². The molecule has 0 spiro atoms. The third kappa shape index (κ3) is 5.30. The van der Waals surface area contributed by atoms with E-state index in [1.165, 1.54) is 55.2 Å². The van der Waals surface area contributed by atoms with Gasteiger partial charge in [-0.15, -0.1) is 0 Å². The van der Waals surface area contributed by atoms with Crippen molar-refractivity contribution < 1.29 is 0 Å². The van der Waals surface area contributed by atoms with E-state index in [9.17, 15) is 0 Å². The second-order valence-electron chi connectivity index (χ2n) is 5.39. The standard InChI is InChI=1S/C19H24/c1-17-10-9-15-19(16-17)14-6-3-2-5-11-18-12-7-4-8-13-18/h4,7-10,12-13,15-16H,2-3,5-6,11,14H2,1H3. The molecule has 0 fully saturated rings. The van der Waals surface area contributed by atoms with Gasteiger partial charge in [-0.3, -0.25) is 0 Å². The summed E-state index contributed by atoms with van der Waals surface area (Å²) in [5.74, 6) is 0. The van der Waals surface area contributed by atoms with Gasteiger partial charge in [-0.05, 0) is 43.7 Å². The smallest absolute Gasteiger partial charge is 0.0279 e. The number of aryl methyl sites for hydroxylation is 3. The van der Waals surface area contributed by atoms with Gasteiger partial charge in [0.2, 0.25) is 0 Å². The van der Waals surface area contributed by atoms with Crippen LogP contribution in [0.2, 0.25) is 0 Å². The van der Waals surface area contributed by atoms with Crippen molar-refractivity contribution in [1.82, 2.24) is 0 Å². The average molecular weight is 252 g/mol. The van der Waals surface area contributed by atoms with Crippen LogP contribution in [0.25, 0.3) is 0 Å². The number of unbranched alkanes of at least 4 members (excludes halogenated alkanes) is 3. The lowest BCUT2D eigenvalue weighted by Crippen LogP contribution is -1.88. The van der Waals surface area contributed by atoms with Crippen molar-refractivity contribution in [2.45, 2.75) is 45.4 Å². The van der Waals surface area contributed by atoms with E-state index < -0.39 is 0 Å². The van der Waals surface area contributed by atoms with Crippen LogP contribution >= 0.6 is 0 Å². The van der Waals surface area contributed by atoms with Crippen molar-refractivity contribution in [3.63, 3.8) is 0 Å². The SMILES string of the molecule is Cc1cccc(CCCCCCc2ccccc2)c1. The quantitative estimate of drug-likeness (QED) is 0.583. The third-order valence-corrected chi connectivity index (χ3v) is 3.61. The summed E-state index contributed by atoms with van der Waals surface area (Å²) >= 11 is 0. The van der Waals surface area contributed by atoms with E-state index in [4.69, 9.17) is 0 Å². The first-order chi connectivity index (χ1) is 9.34. The highest BCUT2D eigenvalue weighted by atomic mass is 14.0. The molecule has 0 atom stereocenters. The highest BCUT2D eigenvalue weighted by Crippen LogP contribution is 2.11. The minimum atomic E-state index is 1.23. The van der Waals surface area contributed by atoms with E-state index in [2.05, 4.69) is 61.5 Å². The summed E-state index contributed by atoms with van der Waals surface area (Å²) in [6, 6.07) is 19.7. The maximum Gasteiger partial charge on any atom is -0.0279 e. The highest BCUT2D eigenvalue weighted by Gasteiger charge is 1.95. The van der Waals surface area contributed by atoms with Crippen LogP contribution in [0.4, 0.5) is 0 Å². The molecule has 100 valence electrons. The normalized spacial score (nSPS) is 10.6. The first kappa shape index (κ1) is 13.9. The van der Waals surface area contributed by atoms with Crippen molar-refractivity contribution in [3.05, 3.63) is 71.3 Å². The molecule has 0 heterocycles. The van der Waals surface area contributed by atoms with Gasteiger partial charge >= 0.3 is 0 Å². The van der Waals surface area contributed by atoms with Gasteiger partial charge in [0.25, 0.3) is 0 Å². The van der Waals surface area contributed by atoms with E-state index in [1.54, 1.807) is 0 Å². The van der Waals surface area contributed by atoms with E-state index in [0.717, 1.165) is 0 Å². The molecule has 0 aliphatic carbocycles. The molecule has 0 radical (unpaired) electrons. The average Bonchev–Trinajstić information content (AvgIpc) is 2.44. The fourth-order valence-electron chi connectivity index (χ4n) is 2.52. The predicted molar refractivity (Wildman–Crippen MR) is 83.5 cm³/mol. The Morgan fingerprint density at radius 2 is 1.26 bits per heavy atom. The number of hydrogen-bond donors (Lipinski definition) is 0. The molecule has 2 aromatic carbocycles. The summed E-state index contributed by atoms with van der Waals surface area (Å²) in [7, 11) is 0. The van der Waals surface area contributed by atoms with Crippen LogP contribution < -0.4 is 0 Å². The van der Waals surface area contributed by atoms with Gasteiger partial charge in [0.05, 0.1) is 0 Å². The molecule has 19 heavy (non-hydrogen) atoms. The molecule has 0 aliphatic rings. The Labute approximate surface area is 117 Å². The Morgan fingerprint density at radius 1 is 0.632 bits per heavy atom.